The zero-order valence-electron chi connectivity index (χ0n) is 17.6. The molecule has 0 spiro atoms. The van der Waals surface area contributed by atoms with Crippen molar-refractivity contribution in [3.8, 4) is 11.3 Å². The van der Waals surface area contributed by atoms with Crippen molar-refractivity contribution in [2.24, 2.45) is 0 Å². The average Bonchev–Trinajstić information content (AvgIpc) is 3.24. The third-order valence-electron chi connectivity index (χ3n) is 4.70. The maximum atomic E-state index is 13.4. The molecule has 0 bridgehead atoms. The van der Waals surface area contributed by atoms with Crippen LogP contribution in [-0.4, -0.2) is 52.0 Å². The van der Waals surface area contributed by atoms with Gasteiger partial charge in [0, 0.05) is 30.5 Å². The molecule has 2 amide bonds. The minimum atomic E-state index is -0.370. The number of nitrogens with one attached hydrogen (secondary N) is 2. The van der Waals surface area contributed by atoms with Crippen LogP contribution in [0.2, 0.25) is 0 Å². The highest BCUT2D eigenvalue weighted by atomic mass is 32.2. The lowest BCUT2D eigenvalue weighted by atomic mass is 10.1. The molecule has 1 heterocycles. The first-order valence-electron chi connectivity index (χ1n) is 10.1. The van der Waals surface area contributed by atoms with E-state index < -0.39 is 0 Å². The number of rotatable bonds is 10. The standard InChI is InChI=1S/C23H24F2N4O2S/c1-29(23(31)15-32-14-22(30)26-19-9-7-17(24)8-10-19)11-3-6-20-13-21(28-27-20)16-4-2-5-18(25)12-16/h2,4-5,7-10,12-13H,3,6,11,14-15H2,1H3,(H,26,30)(H,27,28). The van der Waals surface area contributed by atoms with Crippen molar-refractivity contribution in [1.82, 2.24) is 15.1 Å². The van der Waals surface area contributed by atoms with Crippen LogP contribution in [0.25, 0.3) is 11.3 Å². The number of hydrogen-bond donors (Lipinski definition) is 2. The van der Waals surface area contributed by atoms with E-state index in [1.54, 1.807) is 24.1 Å². The van der Waals surface area contributed by atoms with E-state index in [0.29, 0.717) is 29.9 Å². The van der Waals surface area contributed by atoms with Gasteiger partial charge in [-0.25, -0.2) is 8.78 Å². The first-order valence-corrected chi connectivity index (χ1v) is 11.2. The van der Waals surface area contributed by atoms with Gasteiger partial charge in [0.25, 0.3) is 0 Å². The van der Waals surface area contributed by atoms with E-state index in [9.17, 15) is 18.4 Å². The van der Waals surface area contributed by atoms with Gasteiger partial charge in [-0.15, -0.1) is 11.8 Å². The summed E-state index contributed by atoms with van der Waals surface area (Å²) in [5, 5.41) is 9.83. The lowest BCUT2D eigenvalue weighted by Crippen LogP contribution is -2.30. The Labute approximate surface area is 189 Å². The molecule has 2 N–H and O–H groups in total. The van der Waals surface area contributed by atoms with Gasteiger partial charge < -0.3 is 10.2 Å². The predicted molar refractivity (Wildman–Crippen MR) is 122 cm³/mol. The van der Waals surface area contributed by atoms with Gasteiger partial charge in [-0.2, -0.15) is 5.10 Å². The molecule has 3 aromatic rings. The van der Waals surface area contributed by atoms with E-state index in [1.165, 1.54) is 48.2 Å². The van der Waals surface area contributed by atoms with Gasteiger partial charge in [-0.05, 0) is 55.3 Å². The van der Waals surface area contributed by atoms with Crippen LogP contribution in [0.1, 0.15) is 12.1 Å². The lowest BCUT2D eigenvalue weighted by molar-refractivity contribution is -0.127. The molecule has 9 heteroatoms. The number of carbonyl (C=O) groups is 2. The van der Waals surface area contributed by atoms with E-state index in [0.717, 1.165) is 12.1 Å². The van der Waals surface area contributed by atoms with Crippen molar-refractivity contribution in [2.45, 2.75) is 12.8 Å². The Morgan fingerprint density at radius 1 is 1.06 bits per heavy atom. The second-order valence-electron chi connectivity index (χ2n) is 7.26. The third kappa shape index (κ3) is 7.19. The van der Waals surface area contributed by atoms with E-state index in [4.69, 9.17) is 0 Å². The topological polar surface area (TPSA) is 78.1 Å². The van der Waals surface area contributed by atoms with Gasteiger partial charge in [0.15, 0.2) is 0 Å². The Hall–Kier alpha value is -3.20. The summed E-state index contributed by atoms with van der Waals surface area (Å²) in [7, 11) is 1.73. The molecule has 0 radical (unpaired) electrons. The molecule has 0 atom stereocenters. The van der Waals surface area contributed by atoms with Crippen LogP contribution in [-0.2, 0) is 16.0 Å². The minimum Gasteiger partial charge on any atom is -0.345 e. The molecule has 0 fully saturated rings. The Morgan fingerprint density at radius 2 is 1.84 bits per heavy atom. The van der Waals surface area contributed by atoms with Gasteiger partial charge in [0.05, 0.1) is 17.2 Å². The molecule has 0 aliphatic carbocycles. The normalized spacial score (nSPS) is 10.7. The highest BCUT2D eigenvalue weighted by Gasteiger charge is 2.11. The van der Waals surface area contributed by atoms with E-state index in [2.05, 4.69) is 15.5 Å². The largest absolute Gasteiger partial charge is 0.345 e. The van der Waals surface area contributed by atoms with Gasteiger partial charge in [0.2, 0.25) is 11.8 Å². The number of thioether (sulfide) groups is 1. The highest BCUT2D eigenvalue weighted by molar-refractivity contribution is 8.00. The second kappa shape index (κ2) is 11.4. The van der Waals surface area contributed by atoms with Crippen LogP contribution in [0.3, 0.4) is 0 Å². The second-order valence-corrected chi connectivity index (χ2v) is 8.24. The molecule has 0 unspecified atom stereocenters. The number of nitrogens with zero attached hydrogens (tertiary/aromatic N) is 2. The molecule has 1 aromatic heterocycles. The molecule has 0 aliphatic heterocycles. The fourth-order valence-corrected chi connectivity index (χ4v) is 3.74. The fraction of sp³-hybridized carbons (Fsp3) is 0.261. The van der Waals surface area contributed by atoms with Crippen LogP contribution < -0.4 is 5.32 Å². The first kappa shape index (κ1) is 23.5. The number of anilines is 1. The van der Waals surface area contributed by atoms with Crippen LogP contribution in [0.5, 0.6) is 0 Å². The monoisotopic (exact) mass is 458 g/mol. The van der Waals surface area contributed by atoms with Crippen LogP contribution >= 0.6 is 11.8 Å². The summed E-state index contributed by atoms with van der Waals surface area (Å²) in [6, 6.07) is 13.7. The van der Waals surface area contributed by atoms with Crippen LogP contribution in [0.15, 0.2) is 54.6 Å². The van der Waals surface area contributed by atoms with Crippen LogP contribution in [0.4, 0.5) is 14.5 Å². The van der Waals surface area contributed by atoms with Crippen molar-refractivity contribution >= 4 is 29.3 Å². The Morgan fingerprint density at radius 3 is 2.59 bits per heavy atom. The zero-order chi connectivity index (χ0) is 22.9. The van der Waals surface area contributed by atoms with Crippen molar-refractivity contribution in [1.29, 1.82) is 0 Å². The van der Waals surface area contributed by atoms with Crippen molar-refractivity contribution in [3.63, 3.8) is 0 Å². The van der Waals surface area contributed by atoms with Gasteiger partial charge >= 0.3 is 0 Å². The Balaban J connectivity index is 1.34. The van der Waals surface area contributed by atoms with Crippen molar-refractivity contribution < 1.29 is 18.4 Å². The molecule has 2 aromatic carbocycles. The summed E-state index contributed by atoms with van der Waals surface area (Å²) in [5.41, 5.74) is 2.82. The first-order chi connectivity index (χ1) is 15.4. The van der Waals surface area contributed by atoms with Crippen molar-refractivity contribution in [3.05, 3.63) is 71.9 Å². The number of aryl methyl sites for hydroxylation is 1. The maximum Gasteiger partial charge on any atom is 0.234 e. The molecular formula is C23H24F2N4O2S. The smallest absolute Gasteiger partial charge is 0.234 e. The Kier molecular flexibility index (Phi) is 8.38. The SMILES string of the molecule is CN(CCCc1cc(-c2cccc(F)c2)n[nH]1)C(=O)CSCC(=O)Nc1ccc(F)cc1. The number of amides is 2. The number of H-pyrrole nitrogens is 1. The number of aromatic nitrogens is 2. The molecule has 168 valence electrons. The Bertz CT molecular complexity index is 1060. The summed E-state index contributed by atoms with van der Waals surface area (Å²) in [6.07, 6.45) is 1.44. The maximum absolute atomic E-state index is 13.4. The number of benzene rings is 2. The summed E-state index contributed by atoms with van der Waals surface area (Å²) in [4.78, 5) is 25.8. The molecule has 6 nitrogen and oxygen atoms in total. The summed E-state index contributed by atoms with van der Waals surface area (Å²) in [6.45, 7) is 0.565. The molecule has 3 rings (SSSR count). The summed E-state index contributed by atoms with van der Waals surface area (Å²) in [5.74, 6) is -0.654. The zero-order valence-corrected chi connectivity index (χ0v) is 18.4. The summed E-state index contributed by atoms with van der Waals surface area (Å²) >= 11 is 1.23. The average molecular weight is 459 g/mol. The molecule has 0 aliphatic rings. The molecule has 0 saturated heterocycles. The van der Waals surface area contributed by atoms with Gasteiger partial charge in [-0.1, -0.05) is 12.1 Å². The number of aromatic amines is 1. The highest BCUT2D eigenvalue weighted by Crippen LogP contribution is 2.19. The number of halogens is 2. The predicted octanol–water partition coefficient (Wildman–Crippen LogP) is 4.12. The van der Waals surface area contributed by atoms with E-state index >= 15 is 0 Å². The quantitative estimate of drug-likeness (QED) is 0.479. The van der Waals surface area contributed by atoms with Gasteiger partial charge in [0.1, 0.15) is 11.6 Å². The van der Waals surface area contributed by atoms with E-state index in [-0.39, 0.29) is 35.0 Å². The molecule has 0 saturated carbocycles. The number of carbonyl (C=O) groups excluding carboxylic acids is 2. The third-order valence-corrected chi connectivity index (χ3v) is 5.62. The van der Waals surface area contributed by atoms with Gasteiger partial charge in [-0.3, -0.25) is 14.7 Å². The summed E-state index contributed by atoms with van der Waals surface area (Å²) < 4.78 is 26.2. The lowest BCUT2D eigenvalue weighted by Gasteiger charge is -2.16. The minimum absolute atomic E-state index is 0.0605. The fourth-order valence-electron chi connectivity index (χ4n) is 2.99. The van der Waals surface area contributed by atoms with Crippen molar-refractivity contribution in [2.75, 3.05) is 30.4 Å². The van der Waals surface area contributed by atoms with Crippen LogP contribution in [0, 0.1) is 11.6 Å². The number of hydrogen-bond acceptors (Lipinski definition) is 4. The molecule has 32 heavy (non-hydrogen) atoms. The molecular weight excluding hydrogens is 434 g/mol. The van der Waals surface area contributed by atoms with E-state index in [1.807, 2.05) is 6.07 Å².